The first kappa shape index (κ1) is 12.6. The molecule has 0 aliphatic heterocycles. The van der Waals surface area contributed by atoms with E-state index in [0.717, 1.165) is 22.6 Å². The molecule has 0 saturated carbocycles. The van der Waals surface area contributed by atoms with Crippen LogP contribution in [0.1, 0.15) is 26.3 Å². The third-order valence-electron chi connectivity index (χ3n) is 2.64. The number of halogens is 1. The van der Waals surface area contributed by atoms with E-state index in [1.165, 1.54) is 12.1 Å². The summed E-state index contributed by atoms with van der Waals surface area (Å²) in [5, 5.41) is 10.6. The SMILES string of the molecule is Cc1c(NC(C)(C)C)n[nH]c1-c1ccc(F)cc1. The smallest absolute Gasteiger partial charge is 0.151 e. The van der Waals surface area contributed by atoms with Gasteiger partial charge in [-0.3, -0.25) is 5.10 Å². The zero-order valence-electron chi connectivity index (χ0n) is 11.1. The molecule has 0 amide bonds. The van der Waals surface area contributed by atoms with Crippen LogP contribution in [0, 0.1) is 12.7 Å². The van der Waals surface area contributed by atoms with Crippen molar-refractivity contribution in [3.8, 4) is 11.3 Å². The van der Waals surface area contributed by atoms with Crippen LogP contribution in [-0.4, -0.2) is 15.7 Å². The van der Waals surface area contributed by atoms with Gasteiger partial charge in [0.25, 0.3) is 0 Å². The minimum atomic E-state index is -0.232. The Balaban J connectivity index is 2.33. The van der Waals surface area contributed by atoms with Crippen LogP contribution in [0.5, 0.6) is 0 Å². The van der Waals surface area contributed by atoms with Gasteiger partial charge in [-0.1, -0.05) is 0 Å². The third kappa shape index (κ3) is 2.70. The molecule has 0 spiro atoms. The minimum Gasteiger partial charge on any atom is -0.364 e. The first-order valence-corrected chi connectivity index (χ1v) is 5.96. The molecule has 0 fully saturated rings. The number of nitrogens with zero attached hydrogens (tertiary/aromatic N) is 1. The second-order valence-electron chi connectivity index (χ2n) is 5.45. The number of hydrogen-bond acceptors (Lipinski definition) is 2. The number of anilines is 1. The van der Waals surface area contributed by atoms with E-state index in [9.17, 15) is 4.39 Å². The number of rotatable bonds is 2. The van der Waals surface area contributed by atoms with E-state index in [1.54, 1.807) is 12.1 Å². The lowest BCUT2D eigenvalue weighted by Gasteiger charge is -2.20. The highest BCUT2D eigenvalue weighted by Gasteiger charge is 2.16. The molecule has 96 valence electrons. The molecule has 2 aromatic rings. The second kappa shape index (κ2) is 4.44. The number of aromatic amines is 1. The summed E-state index contributed by atoms with van der Waals surface area (Å²) in [6.07, 6.45) is 0. The molecule has 0 unspecified atom stereocenters. The molecular formula is C14H18FN3. The van der Waals surface area contributed by atoms with Gasteiger partial charge in [-0.25, -0.2) is 4.39 Å². The Hall–Kier alpha value is -1.84. The van der Waals surface area contributed by atoms with E-state index in [1.807, 2.05) is 6.92 Å². The Kier molecular flexibility index (Phi) is 3.11. The summed E-state index contributed by atoms with van der Waals surface area (Å²) in [6, 6.07) is 6.40. The van der Waals surface area contributed by atoms with Gasteiger partial charge in [-0.2, -0.15) is 5.10 Å². The highest BCUT2D eigenvalue weighted by atomic mass is 19.1. The van der Waals surface area contributed by atoms with Gasteiger partial charge < -0.3 is 5.32 Å². The van der Waals surface area contributed by atoms with Gasteiger partial charge in [0.2, 0.25) is 0 Å². The maximum absolute atomic E-state index is 12.9. The molecule has 0 bridgehead atoms. The van der Waals surface area contributed by atoms with E-state index in [2.05, 4.69) is 36.3 Å². The molecule has 0 aliphatic rings. The number of H-pyrrole nitrogens is 1. The van der Waals surface area contributed by atoms with E-state index >= 15 is 0 Å². The minimum absolute atomic E-state index is 0.0416. The van der Waals surface area contributed by atoms with Crippen molar-refractivity contribution in [2.45, 2.75) is 33.2 Å². The largest absolute Gasteiger partial charge is 0.364 e. The van der Waals surface area contributed by atoms with Crippen molar-refractivity contribution in [2.75, 3.05) is 5.32 Å². The van der Waals surface area contributed by atoms with Crippen molar-refractivity contribution in [2.24, 2.45) is 0 Å². The summed E-state index contributed by atoms with van der Waals surface area (Å²) < 4.78 is 12.9. The van der Waals surface area contributed by atoms with Gasteiger partial charge in [0.05, 0.1) is 5.69 Å². The van der Waals surface area contributed by atoms with Crippen molar-refractivity contribution in [3.05, 3.63) is 35.6 Å². The van der Waals surface area contributed by atoms with E-state index in [-0.39, 0.29) is 11.4 Å². The van der Waals surface area contributed by atoms with Gasteiger partial charge in [0.15, 0.2) is 5.82 Å². The summed E-state index contributed by atoms with van der Waals surface area (Å²) >= 11 is 0. The normalized spacial score (nSPS) is 11.6. The average Bonchev–Trinajstić information content (AvgIpc) is 2.60. The second-order valence-corrected chi connectivity index (χ2v) is 5.45. The predicted octanol–water partition coefficient (Wildman–Crippen LogP) is 3.73. The molecule has 2 N–H and O–H groups in total. The number of benzene rings is 1. The third-order valence-corrected chi connectivity index (χ3v) is 2.64. The van der Waals surface area contributed by atoms with Crippen molar-refractivity contribution >= 4 is 5.82 Å². The summed E-state index contributed by atoms with van der Waals surface area (Å²) in [5.74, 6) is 0.603. The van der Waals surface area contributed by atoms with Crippen LogP contribution in [0.4, 0.5) is 10.2 Å². The number of hydrogen-bond donors (Lipinski definition) is 2. The maximum Gasteiger partial charge on any atom is 0.151 e. The van der Waals surface area contributed by atoms with Crippen molar-refractivity contribution in [3.63, 3.8) is 0 Å². The lowest BCUT2D eigenvalue weighted by Crippen LogP contribution is -2.26. The Morgan fingerprint density at radius 1 is 1.17 bits per heavy atom. The van der Waals surface area contributed by atoms with Crippen molar-refractivity contribution in [1.29, 1.82) is 0 Å². The summed E-state index contributed by atoms with van der Waals surface area (Å²) in [6.45, 7) is 8.24. The highest BCUT2D eigenvalue weighted by Crippen LogP contribution is 2.27. The van der Waals surface area contributed by atoms with Crippen LogP contribution in [0.2, 0.25) is 0 Å². The van der Waals surface area contributed by atoms with E-state index in [0.29, 0.717) is 0 Å². The first-order chi connectivity index (χ1) is 8.37. The predicted molar refractivity (Wildman–Crippen MR) is 72.1 cm³/mol. The average molecular weight is 247 g/mol. The number of aromatic nitrogens is 2. The Labute approximate surface area is 106 Å². The molecule has 3 nitrogen and oxygen atoms in total. The fourth-order valence-corrected chi connectivity index (χ4v) is 1.77. The topological polar surface area (TPSA) is 40.7 Å². The Bertz CT molecular complexity index is 535. The quantitative estimate of drug-likeness (QED) is 0.848. The number of nitrogens with one attached hydrogen (secondary N) is 2. The van der Waals surface area contributed by atoms with Crippen LogP contribution in [0.25, 0.3) is 11.3 Å². The molecular weight excluding hydrogens is 229 g/mol. The van der Waals surface area contributed by atoms with E-state index in [4.69, 9.17) is 0 Å². The lowest BCUT2D eigenvalue weighted by molar-refractivity contribution is 0.628. The molecule has 0 saturated heterocycles. The zero-order chi connectivity index (χ0) is 13.3. The fourth-order valence-electron chi connectivity index (χ4n) is 1.77. The molecule has 1 aromatic carbocycles. The van der Waals surface area contributed by atoms with Crippen LogP contribution in [0.15, 0.2) is 24.3 Å². The standard InChI is InChI=1S/C14H18FN3/c1-9-12(10-5-7-11(15)8-6-10)17-18-13(9)16-14(2,3)4/h5-8H,1-4H3,(H2,16,17,18). The van der Waals surface area contributed by atoms with Crippen LogP contribution in [-0.2, 0) is 0 Å². The van der Waals surface area contributed by atoms with Crippen LogP contribution < -0.4 is 5.32 Å². The molecule has 1 aromatic heterocycles. The fraction of sp³-hybridized carbons (Fsp3) is 0.357. The van der Waals surface area contributed by atoms with Gasteiger partial charge in [0.1, 0.15) is 5.82 Å². The lowest BCUT2D eigenvalue weighted by atomic mass is 10.1. The molecule has 18 heavy (non-hydrogen) atoms. The van der Waals surface area contributed by atoms with Crippen LogP contribution >= 0.6 is 0 Å². The molecule has 0 aliphatic carbocycles. The van der Waals surface area contributed by atoms with Gasteiger partial charge in [-0.05, 0) is 52.0 Å². The molecule has 1 heterocycles. The van der Waals surface area contributed by atoms with Crippen molar-refractivity contribution in [1.82, 2.24) is 10.2 Å². The molecule has 2 rings (SSSR count). The molecule has 4 heteroatoms. The summed E-state index contributed by atoms with van der Waals surface area (Å²) in [7, 11) is 0. The van der Waals surface area contributed by atoms with Gasteiger partial charge in [-0.15, -0.1) is 0 Å². The van der Waals surface area contributed by atoms with Gasteiger partial charge >= 0.3 is 0 Å². The zero-order valence-corrected chi connectivity index (χ0v) is 11.1. The molecule has 0 radical (unpaired) electrons. The van der Waals surface area contributed by atoms with Gasteiger partial charge in [0, 0.05) is 16.7 Å². The van der Waals surface area contributed by atoms with E-state index < -0.39 is 0 Å². The monoisotopic (exact) mass is 247 g/mol. The summed E-state index contributed by atoms with van der Waals surface area (Å²) in [4.78, 5) is 0. The first-order valence-electron chi connectivity index (χ1n) is 5.96. The summed E-state index contributed by atoms with van der Waals surface area (Å²) in [5.41, 5.74) is 2.85. The molecule has 0 atom stereocenters. The highest BCUT2D eigenvalue weighted by molar-refractivity contribution is 5.68. The van der Waals surface area contributed by atoms with Crippen molar-refractivity contribution < 1.29 is 4.39 Å². The maximum atomic E-state index is 12.9. The Morgan fingerprint density at radius 2 is 1.78 bits per heavy atom. The van der Waals surface area contributed by atoms with Crippen LogP contribution in [0.3, 0.4) is 0 Å². The Morgan fingerprint density at radius 3 is 2.33 bits per heavy atom.